The molecule has 4 fully saturated rings. The summed E-state index contributed by atoms with van der Waals surface area (Å²) < 4.78 is 40.4. The lowest BCUT2D eigenvalue weighted by Gasteiger charge is -2.30. The average Bonchev–Trinajstić information content (AvgIpc) is 4.05. The molecule has 3 aromatic rings. The largest absolute Gasteiger partial charge is 0.471 e. The Kier molecular flexibility index (Phi) is 11.0. The van der Waals surface area contributed by atoms with Gasteiger partial charge >= 0.3 is 6.09 Å². The Bertz CT molecular complexity index is 2100. The fourth-order valence-corrected chi connectivity index (χ4v) is 10.2. The normalized spacial score (nSPS) is 28.2. The molecule has 3 N–H and O–H groups in total. The van der Waals surface area contributed by atoms with Crippen LogP contribution < -0.4 is 20.1 Å². The molecule has 2 aliphatic heterocycles. The van der Waals surface area contributed by atoms with Crippen LogP contribution in [0.2, 0.25) is 0 Å². The fourth-order valence-electron chi connectivity index (χ4n) is 8.16. The number of thiophene rings is 1. The van der Waals surface area contributed by atoms with E-state index in [4.69, 9.17) is 19.4 Å². The highest BCUT2D eigenvalue weighted by Gasteiger charge is 2.62. The van der Waals surface area contributed by atoms with Crippen LogP contribution >= 0.6 is 11.3 Å². The number of aromatic nitrogens is 2. The van der Waals surface area contributed by atoms with E-state index in [0.717, 1.165) is 49.8 Å². The Morgan fingerprint density at radius 3 is 2.41 bits per heavy atom. The molecule has 0 bridgehead atoms. The predicted octanol–water partition coefficient (Wildman–Crippen LogP) is 5.14. The standard InChI is InChI=1S/C40H48N6O8S2/c47-35-32-22-27(53-36-34(33-18-11-21-55-33)41-29-15-9-10-16-30(29)42-36)24-46(32)37(48)31(43-39(50)54-26-13-6-4-7-14-26)17-8-3-1-2-5-12-25-23-40(25,44-35)38(49)45-56(51,52)28-19-20-28/h5,9-12,15-16,18,21,25-28,31-32H,1-4,6-8,13-14,17,19-20,22-24H2,(H,43,50)(H,44,47)(H,45,49)/b12-5-/t25?,27-,31+,32+,40-/m1/s1. The topological polar surface area (TPSA) is 186 Å². The predicted molar refractivity (Wildman–Crippen MR) is 209 cm³/mol. The van der Waals surface area contributed by atoms with Gasteiger partial charge in [-0.1, -0.05) is 49.6 Å². The Balaban J connectivity index is 1.10. The summed E-state index contributed by atoms with van der Waals surface area (Å²) in [5.41, 5.74) is 0.337. The van der Waals surface area contributed by atoms with Crippen LogP contribution in [0.25, 0.3) is 21.6 Å². The number of nitrogens with zero attached hydrogens (tertiary/aromatic N) is 3. The van der Waals surface area contributed by atoms with Crippen molar-refractivity contribution in [2.24, 2.45) is 5.92 Å². The highest BCUT2D eigenvalue weighted by atomic mass is 32.2. The third kappa shape index (κ3) is 8.41. The van der Waals surface area contributed by atoms with Crippen molar-refractivity contribution in [3.8, 4) is 16.5 Å². The number of alkyl carbamates (subject to hydrolysis) is 1. The van der Waals surface area contributed by atoms with Gasteiger partial charge in [-0.25, -0.2) is 23.2 Å². The second kappa shape index (κ2) is 16.1. The third-order valence-corrected chi connectivity index (χ3v) is 14.2. The number of carbonyl (C=O) groups is 4. The maximum atomic E-state index is 14.7. The van der Waals surface area contributed by atoms with Gasteiger partial charge in [0, 0.05) is 12.3 Å². The summed E-state index contributed by atoms with van der Waals surface area (Å²) in [5.74, 6) is -2.02. The molecular weight excluding hydrogens is 757 g/mol. The Morgan fingerprint density at radius 1 is 0.911 bits per heavy atom. The molecule has 16 heteroatoms. The summed E-state index contributed by atoms with van der Waals surface area (Å²) in [5, 5.41) is 7.06. The van der Waals surface area contributed by atoms with Crippen molar-refractivity contribution in [1.82, 2.24) is 30.2 Å². The average molecular weight is 805 g/mol. The molecule has 1 saturated heterocycles. The number of rotatable bonds is 8. The minimum Gasteiger partial charge on any atom is -0.471 e. The molecule has 298 valence electrons. The van der Waals surface area contributed by atoms with Crippen molar-refractivity contribution >= 4 is 56.2 Å². The van der Waals surface area contributed by atoms with Gasteiger partial charge in [0.2, 0.25) is 27.7 Å². The lowest BCUT2D eigenvalue weighted by atomic mass is 9.98. The first-order chi connectivity index (χ1) is 27.1. The Labute approximate surface area is 330 Å². The summed E-state index contributed by atoms with van der Waals surface area (Å²) in [7, 11) is -3.89. The molecule has 3 aliphatic carbocycles. The highest BCUT2D eigenvalue weighted by Crippen LogP contribution is 2.46. The minimum absolute atomic E-state index is 0.0102. The van der Waals surface area contributed by atoms with Crippen LogP contribution in [0.15, 0.2) is 53.9 Å². The van der Waals surface area contributed by atoms with Gasteiger partial charge in [0.1, 0.15) is 35.5 Å². The quantitative estimate of drug-likeness (QED) is 0.258. The molecule has 8 rings (SSSR count). The zero-order valence-electron chi connectivity index (χ0n) is 31.2. The van der Waals surface area contributed by atoms with E-state index in [2.05, 4.69) is 15.4 Å². The van der Waals surface area contributed by atoms with Crippen LogP contribution in [0.1, 0.15) is 89.9 Å². The second-order valence-electron chi connectivity index (χ2n) is 15.7. The van der Waals surface area contributed by atoms with Gasteiger partial charge in [-0.05, 0) is 87.8 Å². The number of hydrogen-bond donors (Lipinski definition) is 3. The van der Waals surface area contributed by atoms with E-state index in [1.807, 2.05) is 53.9 Å². The number of allylic oxidation sites excluding steroid dienone is 1. The van der Waals surface area contributed by atoms with Gasteiger partial charge in [0.25, 0.3) is 5.91 Å². The van der Waals surface area contributed by atoms with Crippen molar-refractivity contribution in [3.05, 3.63) is 53.9 Å². The first kappa shape index (κ1) is 38.3. The maximum absolute atomic E-state index is 14.7. The molecule has 5 aliphatic rings. The number of amides is 4. The van der Waals surface area contributed by atoms with E-state index in [1.54, 1.807) is 0 Å². The maximum Gasteiger partial charge on any atom is 0.408 e. The smallest absolute Gasteiger partial charge is 0.408 e. The molecule has 2 aromatic heterocycles. The van der Waals surface area contributed by atoms with Crippen LogP contribution in [0.3, 0.4) is 0 Å². The molecule has 1 unspecified atom stereocenters. The van der Waals surface area contributed by atoms with Gasteiger partial charge in [-0.2, -0.15) is 0 Å². The number of sulfonamides is 1. The van der Waals surface area contributed by atoms with Gasteiger partial charge in [0.15, 0.2) is 0 Å². The van der Waals surface area contributed by atoms with Crippen molar-refractivity contribution in [2.45, 2.75) is 125 Å². The molecule has 4 amide bonds. The first-order valence-electron chi connectivity index (χ1n) is 19.9. The van der Waals surface area contributed by atoms with E-state index in [1.165, 1.54) is 16.2 Å². The van der Waals surface area contributed by atoms with E-state index in [-0.39, 0.29) is 31.4 Å². The molecule has 3 saturated carbocycles. The number of nitrogens with one attached hydrogen (secondary N) is 3. The fraction of sp³-hybridized carbons (Fsp3) is 0.550. The molecule has 0 radical (unpaired) electrons. The highest BCUT2D eigenvalue weighted by molar-refractivity contribution is 7.91. The summed E-state index contributed by atoms with van der Waals surface area (Å²) in [6.07, 6.45) is 11.3. The minimum atomic E-state index is -3.89. The lowest BCUT2D eigenvalue weighted by Crippen LogP contribution is -2.58. The van der Waals surface area contributed by atoms with Crippen LogP contribution in [-0.2, 0) is 29.1 Å². The van der Waals surface area contributed by atoms with Crippen molar-refractivity contribution in [2.75, 3.05) is 6.54 Å². The van der Waals surface area contributed by atoms with Crippen LogP contribution in [0, 0.1) is 5.92 Å². The lowest BCUT2D eigenvalue weighted by molar-refractivity contribution is -0.141. The Hall–Kier alpha value is -4.57. The number of fused-ring (bicyclic) bond motifs is 3. The van der Waals surface area contributed by atoms with Crippen LogP contribution in [0.5, 0.6) is 5.88 Å². The van der Waals surface area contributed by atoms with Crippen LogP contribution in [-0.4, -0.2) is 88.7 Å². The zero-order chi connectivity index (χ0) is 38.9. The molecule has 4 heterocycles. The van der Waals surface area contributed by atoms with E-state index in [0.29, 0.717) is 48.8 Å². The molecule has 14 nitrogen and oxygen atoms in total. The van der Waals surface area contributed by atoms with Gasteiger partial charge < -0.3 is 25.0 Å². The summed E-state index contributed by atoms with van der Waals surface area (Å²) in [6, 6.07) is 9.19. The number of benzene rings is 1. The summed E-state index contributed by atoms with van der Waals surface area (Å²) in [6.45, 7) is -0.0102. The number of carbonyl (C=O) groups excluding carboxylic acids is 4. The number of hydrogen-bond acceptors (Lipinski definition) is 11. The van der Waals surface area contributed by atoms with E-state index < -0.39 is 68.7 Å². The number of para-hydroxylation sites is 2. The second-order valence-corrected chi connectivity index (χ2v) is 18.6. The van der Waals surface area contributed by atoms with Gasteiger partial charge in [0.05, 0.1) is 27.7 Å². The zero-order valence-corrected chi connectivity index (χ0v) is 32.8. The van der Waals surface area contributed by atoms with Crippen molar-refractivity contribution in [3.63, 3.8) is 0 Å². The summed E-state index contributed by atoms with van der Waals surface area (Å²) >= 11 is 1.48. The van der Waals surface area contributed by atoms with E-state index >= 15 is 0 Å². The molecule has 5 atom stereocenters. The van der Waals surface area contributed by atoms with E-state index in [9.17, 15) is 27.6 Å². The first-order valence-corrected chi connectivity index (χ1v) is 22.3. The molecule has 56 heavy (non-hydrogen) atoms. The monoisotopic (exact) mass is 804 g/mol. The molecule has 0 spiro atoms. The Morgan fingerprint density at radius 2 is 1.66 bits per heavy atom. The molecule has 1 aromatic carbocycles. The van der Waals surface area contributed by atoms with Crippen molar-refractivity contribution in [1.29, 1.82) is 0 Å². The SMILES string of the molecule is O=C(N[C@H]1CCCCC/C=C\C2C[C@@]2(C(=O)NS(=O)(=O)C2CC2)NC(=O)[C@@H]2C[C@@H](Oc3nc4ccccc4nc3-c3cccs3)CN2C1=O)OC1CCCCC1. The van der Waals surface area contributed by atoms with Crippen molar-refractivity contribution < 1.29 is 37.1 Å². The summed E-state index contributed by atoms with van der Waals surface area (Å²) in [4.78, 5) is 68.2. The number of ether oxygens (including phenoxy) is 2. The third-order valence-electron chi connectivity index (χ3n) is 11.5. The van der Waals surface area contributed by atoms with Gasteiger partial charge in [-0.15, -0.1) is 11.3 Å². The van der Waals surface area contributed by atoms with Crippen LogP contribution in [0.4, 0.5) is 4.79 Å². The molecular formula is C40H48N6O8S2. The van der Waals surface area contributed by atoms with Gasteiger partial charge in [-0.3, -0.25) is 19.1 Å².